The van der Waals surface area contributed by atoms with Crippen LogP contribution in [0.2, 0.25) is 5.02 Å². The third-order valence-electron chi connectivity index (χ3n) is 2.91. The van der Waals surface area contributed by atoms with E-state index in [1.807, 2.05) is 18.2 Å². The number of nitrogens with one attached hydrogen (secondary N) is 1. The van der Waals surface area contributed by atoms with Crippen LogP contribution in [0, 0.1) is 5.92 Å². The van der Waals surface area contributed by atoms with Crippen LogP contribution in [0.1, 0.15) is 25.1 Å². The Morgan fingerprint density at radius 1 is 1.24 bits per heavy atom. The Bertz CT molecular complexity index is 558. The normalized spacial score (nSPS) is 10.9. The molecule has 0 amide bonds. The van der Waals surface area contributed by atoms with E-state index >= 15 is 0 Å². The van der Waals surface area contributed by atoms with Crippen LogP contribution in [-0.2, 0) is 13.2 Å². The fourth-order valence-corrected chi connectivity index (χ4v) is 1.95. The Balaban J connectivity index is 1.84. The molecule has 0 aliphatic carbocycles. The molecule has 21 heavy (non-hydrogen) atoms. The van der Waals surface area contributed by atoms with Gasteiger partial charge in [-0.15, -0.1) is 0 Å². The van der Waals surface area contributed by atoms with Crippen molar-refractivity contribution in [1.29, 1.82) is 0 Å². The van der Waals surface area contributed by atoms with Crippen LogP contribution >= 0.6 is 11.6 Å². The van der Waals surface area contributed by atoms with Crippen molar-refractivity contribution in [3.8, 4) is 5.75 Å². The van der Waals surface area contributed by atoms with E-state index in [2.05, 4.69) is 29.1 Å². The zero-order chi connectivity index (χ0) is 15.1. The van der Waals surface area contributed by atoms with Crippen LogP contribution in [0.25, 0.3) is 0 Å². The van der Waals surface area contributed by atoms with Gasteiger partial charge in [0, 0.05) is 24.5 Å². The molecule has 0 bridgehead atoms. The minimum absolute atomic E-state index is 0.411. The SMILES string of the molecule is CC(C)CNCc1ccc(OCc2ccncc2Cl)cn1. The predicted molar refractivity (Wildman–Crippen MR) is 84.4 cm³/mol. The molecule has 0 atom stereocenters. The summed E-state index contributed by atoms with van der Waals surface area (Å²) >= 11 is 6.03. The molecule has 0 aliphatic heterocycles. The number of nitrogens with zero attached hydrogens (tertiary/aromatic N) is 2. The average Bonchev–Trinajstić information content (AvgIpc) is 2.47. The second-order valence-corrected chi connectivity index (χ2v) is 5.67. The maximum atomic E-state index is 6.03. The van der Waals surface area contributed by atoms with E-state index in [4.69, 9.17) is 16.3 Å². The molecule has 0 fully saturated rings. The van der Waals surface area contributed by atoms with Gasteiger partial charge in [-0.05, 0) is 30.7 Å². The highest BCUT2D eigenvalue weighted by molar-refractivity contribution is 6.31. The van der Waals surface area contributed by atoms with Crippen molar-refractivity contribution in [1.82, 2.24) is 15.3 Å². The van der Waals surface area contributed by atoms with Crippen LogP contribution < -0.4 is 10.1 Å². The number of aromatic nitrogens is 2. The molecule has 2 aromatic heterocycles. The van der Waals surface area contributed by atoms with E-state index in [9.17, 15) is 0 Å². The maximum absolute atomic E-state index is 6.03. The van der Waals surface area contributed by atoms with Crippen molar-refractivity contribution < 1.29 is 4.74 Å². The molecule has 0 saturated heterocycles. The highest BCUT2D eigenvalue weighted by Crippen LogP contribution is 2.17. The van der Waals surface area contributed by atoms with Gasteiger partial charge in [0.05, 0.1) is 16.9 Å². The Morgan fingerprint density at radius 3 is 2.76 bits per heavy atom. The molecule has 5 heteroatoms. The second-order valence-electron chi connectivity index (χ2n) is 5.27. The molecular weight excluding hydrogens is 286 g/mol. The Kier molecular flexibility index (Phi) is 5.96. The quantitative estimate of drug-likeness (QED) is 0.851. The van der Waals surface area contributed by atoms with Gasteiger partial charge in [-0.2, -0.15) is 0 Å². The summed E-state index contributed by atoms with van der Waals surface area (Å²) in [7, 11) is 0. The average molecular weight is 306 g/mol. The van der Waals surface area contributed by atoms with Crippen LogP contribution in [0.5, 0.6) is 5.75 Å². The first kappa shape index (κ1) is 15.7. The van der Waals surface area contributed by atoms with Crippen LogP contribution in [-0.4, -0.2) is 16.5 Å². The zero-order valence-electron chi connectivity index (χ0n) is 12.3. The number of ether oxygens (including phenoxy) is 1. The molecule has 1 N–H and O–H groups in total. The highest BCUT2D eigenvalue weighted by Gasteiger charge is 2.02. The summed E-state index contributed by atoms with van der Waals surface area (Å²) in [5, 5.41) is 3.97. The van der Waals surface area contributed by atoms with Gasteiger partial charge in [-0.1, -0.05) is 25.4 Å². The molecule has 2 aromatic rings. The lowest BCUT2D eigenvalue weighted by Crippen LogP contribution is -2.19. The number of pyridine rings is 2. The molecule has 4 nitrogen and oxygen atoms in total. The summed E-state index contributed by atoms with van der Waals surface area (Å²) in [4.78, 5) is 8.32. The van der Waals surface area contributed by atoms with E-state index in [1.165, 1.54) is 0 Å². The van der Waals surface area contributed by atoms with E-state index in [0.717, 1.165) is 30.1 Å². The molecular formula is C16H20ClN3O. The standard InChI is InChI=1S/C16H20ClN3O/c1-12(2)7-19-8-14-3-4-15(9-20-14)21-11-13-5-6-18-10-16(13)17/h3-6,9-10,12,19H,7-8,11H2,1-2H3. The van der Waals surface area contributed by atoms with E-state index in [0.29, 0.717) is 17.5 Å². The van der Waals surface area contributed by atoms with Crippen LogP contribution in [0.4, 0.5) is 0 Å². The number of hydrogen-bond donors (Lipinski definition) is 1. The predicted octanol–water partition coefficient (Wildman–Crippen LogP) is 3.45. The third kappa shape index (κ3) is 5.33. The van der Waals surface area contributed by atoms with Gasteiger partial charge in [0.15, 0.2) is 0 Å². The fourth-order valence-electron chi connectivity index (χ4n) is 1.77. The van der Waals surface area contributed by atoms with E-state index in [1.54, 1.807) is 18.6 Å². The van der Waals surface area contributed by atoms with Crippen molar-refractivity contribution in [2.45, 2.75) is 27.0 Å². The largest absolute Gasteiger partial charge is 0.487 e. The molecule has 0 aromatic carbocycles. The van der Waals surface area contributed by atoms with Gasteiger partial charge >= 0.3 is 0 Å². The fraction of sp³-hybridized carbons (Fsp3) is 0.375. The molecule has 2 rings (SSSR count). The number of rotatable bonds is 7. The highest BCUT2D eigenvalue weighted by atomic mass is 35.5. The maximum Gasteiger partial charge on any atom is 0.138 e. The molecule has 0 spiro atoms. The molecule has 112 valence electrons. The van der Waals surface area contributed by atoms with Crippen LogP contribution in [0.15, 0.2) is 36.8 Å². The van der Waals surface area contributed by atoms with Gasteiger partial charge in [-0.3, -0.25) is 9.97 Å². The minimum Gasteiger partial charge on any atom is -0.487 e. The molecule has 2 heterocycles. The monoisotopic (exact) mass is 305 g/mol. The van der Waals surface area contributed by atoms with Crippen molar-refractivity contribution in [2.24, 2.45) is 5.92 Å². The topological polar surface area (TPSA) is 47.0 Å². The van der Waals surface area contributed by atoms with Gasteiger partial charge in [0.2, 0.25) is 0 Å². The Labute approximate surface area is 130 Å². The van der Waals surface area contributed by atoms with Gasteiger partial charge < -0.3 is 10.1 Å². The van der Waals surface area contributed by atoms with E-state index in [-0.39, 0.29) is 0 Å². The van der Waals surface area contributed by atoms with Gasteiger partial charge in [0.25, 0.3) is 0 Å². The zero-order valence-corrected chi connectivity index (χ0v) is 13.1. The lowest BCUT2D eigenvalue weighted by molar-refractivity contribution is 0.304. The van der Waals surface area contributed by atoms with Crippen molar-refractivity contribution in [3.63, 3.8) is 0 Å². The minimum atomic E-state index is 0.411. The second kappa shape index (κ2) is 7.96. The first-order valence-corrected chi connectivity index (χ1v) is 7.40. The van der Waals surface area contributed by atoms with Crippen molar-refractivity contribution in [2.75, 3.05) is 6.54 Å². The Morgan fingerprint density at radius 2 is 2.10 bits per heavy atom. The summed E-state index contributed by atoms with van der Waals surface area (Å²) in [5.74, 6) is 1.37. The lowest BCUT2D eigenvalue weighted by atomic mass is 10.2. The van der Waals surface area contributed by atoms with E-state index < -0.39 is 0 Å². The summed E-state index contributed by atoms with van der Waals surface area (Å²) in [5.41, 5.74) is 1.92. The number of halogens is 1. The summed E-state index contributed by atoms with van der Waals surface area (Å²) < 4.78 is 5.68. The number of hydrogen-bond acceptors (Lipinski definition) is 4. The van der Waals surface area contributed by atoms with Crippen LogP contribution in [0.3, 0.4) is 0 Å². The molecule has 0 saturated carbocycles. The first-order chi connectivity index (χ1) is 10.1. The summed E-state index contributed by atoms with van der Waals surface area (Å²) in [6, 6.07) is 5.74. The lowest BCUT2D eigenvalue weighted by Gasteiger charge is -2.09. The summed E-state index contributed by atoms with van der Waals surface area (Å²) in [6.45, 7) is 6.53. The summed E-state index contributed by atoms with van der Waals surface area (Å²) in [6.07, 6.45) is 5.05. The van der Waals surface area contributed by atoms with Crippen molar-refractivity contribution >= 4 is 11.6 Å². The molecule has 0 aliphatic rings. The third-order valence-corrected chi connectivity index (χ3v) is 3.25. The van der Waals surface area contributed by atoms with Gasteiger partial charge in [0.1, 0.15) is 12.4 Å². The Hall–Kier alpha value is -1.65. The van der Waals surface area contributed by atoms with Crippen molar-refractivity contribution in [3.05, 3.63) is 53.1 Å². The smallest absolute Gasteiger partial charge is 0.138 e. The molecule has 0 unspecified atom stereocenters. The first-order valence-electron chi connectivity index (χ1n) is 7.02. The van der Waals surface area contributed by atoms with Gasteiger partial charge in [-0.25, -0.2) is 0 Å². The molecule has 0 radical (unpaired) electrons.